The van der Waals surface area contributed by atoms with E-state index >= 15 is 0 Å². The molecule has 2 rings (SSSR count). The highest BCUT2D eigenvalue weighted by Crippen LogP contribution is 2.26. The van der Waals surface area contributed by atoms with E-state index in [1.54, 1.807) is 7.11 Å². The molecule has 102 valence electrons. The normalized spacial score (nSPS) is 11.6. The van der Waals surface area contributed by atoms with E-state index in [-0.39, 0.29) is 11.4 Å². The summed E-state index contributed by atoms with van der Waals surface area (Å²) in [7, 11) is 1.65. The van der Waals surface area contributed by atoms with Crippen molar-refractivity contribution in [1.82, 2.24) is 9.88 Å². The molecule has 0 saturated carbocycles. The molecule has 0 unspecified atom stereocenters. The van der Waals surface area contributed by atoms with Crippen LogP contribution in [0.3, 0.4) is 0 Å². The third kappa shape index (κ3) is 3.08. The van der Waals surface area contributed by atoms with Crippen molar-refractivity contribution in [3.63, 3.8) is 0 Å². The number of fused-ring (bicyclic) bond motifs is 1. The van der Waals surface area contributed by atoms with Gasteiger partial charge in [-0.3, -0.25) is 4.79 Å². The van der Waals surface area contributed by atoms with Gasteiger partial charge in [-0.15, -0.1) is 0 Å². The Bertz CT molecular complexity index is 594. The highest BCUT2D eigenvalue weighted by Gasteiger charge is 2.15. The molecule has 0 fully saturated rings. The molecule has 0 saturated heterocycles. The van der Waals surface area contributed by atoms with Crippen molar-refractivity contribution in [2.24, 2.45) is 0 Å². The van der Waals surface area contributed by atoms with Gasteiger partial charge in [0.2, 0.25) is 5.91 Å². The maximum absolute atomic E-state index is 12.0. The van der Waals surface area contributed by atoms with Crippen LogP contribution >= 0.6 is 0 Å². The lowest BCUT2D eigenvalue weighted by molar-refractivity contribution is -0.123. The van der Waals surface area contributed by atoms with Crippen LogP contribution in [0.5, 0.6) is 5.75 Å². The molecule has 0 aliphatic rings. The van der Waals surface area contributed by atoms with Crippen LogP contribution < -0.4 is 10.1 Å². The van der Waals surface area contributed by atoms with E-state index in [9.17, 15) is 4.79 Å². The zero-order chi connectivity index (χ0) is 14.0. The predicted molar refractivity (Wildman–Crippen MR) is 76.4 cm³/mol. The van der Waals surface area contributed by atoms with E-state index < -0.39 is 0 Å². The number of nitrogens with one attached hydrogen (secondary N) is 1. The van der Waals surface area contributed by atoms with Crippen molar-refractivity contribution in [2.75, 3.05) is 7.11 Å². The van der Waals surface area contributed by atoms with Crippen LogP contribution in [0.2, 0.25) is 0 Å². The van der Waals surface area contributed by atoms with E-state index in [0.717, 1.165) is 16.7 Å². The lowest BCUT2D eigenvalue weighted by Gasteiger charge is -2.20. The van der Waals surface area contributed by atoms with Gasteiger partial charge in [0.15, 0.2) is 0 Å². The number of hydrogen-bond acceptors (Lipinski definition) is 2. The summed E-state index contributed by atoms with van der Waals surface area (Å²) >= 11 is 0. The van der Waals surface area contributed by atoms with Crippen LogP contribution in [0.1, 0.15) is 20.8 Å². The lowest BCUT2D eigenvalue weighted by atomic mass is 10.1. The van der Waals surface area contributed by atoms with Crippen LogP contribution in [0.4, 0.5) is 0 Å². The minimum Gasteiger partial charge on any atom is -0.496 e. The first-order valence-electron chi connectivity index (χ1n) is 6.33. The van der Waals surface area contributed by atoms with E-state index in [1.807, 2.05) is 55.8 Å². The van der Waals surface area contributed by atoms with Crippen molar-refractivity contribution in [3.8, 4) is 5.75 Å². The number of methoxy groups -OCH3 is 1. The first-order chi connectivity index (χ1) is 8.90. The molecule has 0 bridgehead atoms. The van der Waals surface area contributed by atoms with Crippen LogP contribution in [-0.2, 0) is 11.3 Å². The average Bonchev–Trinajstić information content (AvgIpc) is 2.70. The number of nitrogens with zero attached hydrogens (tertiary/aromatic N) is 1. The highest BCUT2D eigenvalue weighted by atomic mass is 16.5. The molecule has 19 heavy (non-hydrogen) atoms. The smallest absolute Gasteiger partial charge is 0.240 e. The number of amides is 1. The van der Waals surface area contributed by atoms with E-state index in [0.29, 0.717) is 6.54 Å². The van der Waals surface area contributed by atoms with E-state index in [4.69, 9.17) is 4.74 Å². The highest BCUT2D eigenvalue weighted by molar-refractivity contribution is 5.88. The van der Waals surface area contributed by atoms with Gasteiger partial charge in [-0.1, -0.05) is 6.07 Å². The maximum Gasteiger partial charge on any atom is 0.240 e. The van der Waals surface area contributed by atoms with Gasteiger partial charge in [-0.2, -0.15) is 0 Å². The molecule has 4 heteroatoms. The molecular weight excluding hydrogens is 240 g/mol. The zero-order valence-electron chi connectivity index (χ0n) is 11.9. The molecule has 4 nitrogen and oxygen atoms in total. The molecular formula is C15H20N2O2. The number of carbonyl (C=O) groups excluding carboxylic acids is 1. The maximum atomic E-state index is 12.0. The summed E-state index contributed by atoms with van der Waals surface area (Å²) in [6.07, 6.45) is 1.91. The largest absolute Gasteiger partial charge is 0.496 e. The standard InChI is InChI=1S/C15H20N2O2/c1-15(2,3)16-14(18)10-17-9-8-11-12(17)6-5-7-13(11)19-4/h5-9H,10H2,1-4H3,(H,16,18). The van der Waals surface area contributed by atoms with Gasteiger partial charge < -0.3 is 14.6 Å². The molecule has 0 spiro atoms. The molecule has 1 aromatic heterocycles. The number of benzene rings is 1. The molecule has 1 N–H and O–H groups in total. The Morgan fingerprint density at radius 1 is 1.32 bits per heavy atom. The topological polar surface area (TPSA) is 43.3 Å². The third-order valence-electron chi connectivity index (χ3n) is 2.82. The summed E-state index contributed by atoms with van der Waals surface area (Å²) in [5, 5.41) is 3.98. The Kier molecular flexibility index (Phi) is 3.51. The number of ether oxygens (including phenoxy) is 1. The van der Waals surface area contributed by atoms with Crippen LogP contribution in [0.15, 0.2) is 30.5 Å². The Morgan fingerprint density at radius 3 is 2.68 bits per heavy atom. The van der Waals surface area contributed by atoms with Crippen LogP contribution in [0, 0.1) is 0 Å². The van der Waals surface area contributed by atoms with Gasteiger partial charge in [0, 0.05) is 17.1 Å². The quantitative estimate of drug-likeness (QED) is 0.921. The van der Waals surface area contributed by atoms with Crippen molar-refractivity contribution in [2.45, 2.75) is 32.9 Å². The summed E-state index contributed by atoms with van der Waals surface area (Å²) in [6.45, 7) is 6.24. The van der Waals surface area contributed by atoms with Crippen molar-refractivity contribution in [1.29, 1.82) is 0 Å². The fraction of sp³-hybridized carbons (Fsp3) is 0.400. The van der Waals surface area contributed by atoms with Gasteiger partial charge in [0.25, 0.3) is 0 Å². The number of carbonyl (C=O) groups is 1. The van der Waals surface area contributed by atoms with E-state index in [2.05, 4.69) is 5.32 Å². The first kappa shape index (κ1) is 13.5. The van der Waals surface area contributed by atoms with Crippen molar-refractivity contribution < 1.29 is 9.53 Å². The van der Waals surface area contributed by atoms with Crippen molar-refractivity contribution >= 4 is 16.8 Å². The Labute approximate surface area is 113 Å². The van der Waals surface area contributed by atoms with Crippen LogP contribution in [0.25, 0.3) is 10.9 Å². The number of hydrogen-bond donors (Lipinski definition) is 1. The molecule has 2 aromatic rings. The first-order valence-corrected chi connectivity index (χ1v) is 6.33. The molecule has 0 atom stereocenters. The summed E-state index contributed by atoms with van der Waals surface area (Å²) in [6, 6.07) is 7.81. The minimum atomic E-state index is -0.211. The fourth-order valence-corrected chi connectivity index (χ4v) is 2.12. The number of rotatable bonds is 3. The van der Waals surface area contributed by atoms with Crippen LogP contribution in [-0.4, -0.2) is 23.1 Å². The predicted octanol–water partition coefficient (Wildman–Crippen LogP) is 2.56. The molecule has 0 aliphatic heterocycles. The molecule has 1 aromatic carbocycles. The van der Waals surface area contributed by atoms with Gasteiger partial charge >= 0.3 is 0 Å². The lowest BCUT2D eigenvalue weighted by Crippen LogP contribution is -2.42. The van der Waals surface area contributed by atoms with Gasteiger partial charge in [-0.05, 0) is 39.0 Å². The second-order valence-electron chi connectivity index (χ2n) is 5.63. The monoisotopic (exact) mass is 260 g/mol. The summed E-state index contributed by atoms with van der Waals surface area (Å²) < 4.78 is 7.24. The molecule has 0 aliphatic carbocycles. The van der Waals surface area contributed by atoms with Crippen molar-refractivity contribution in [3.05, 3.63) is 30.5 Å². The van der Waals surface area contributed by atoms with Gasteiger partial charge in [-0.25, -0.2) is 0 Å². The van der Waals surface area contributed by atoms with E-state index in [1.165, 1.54) is 0 Å². The second-order valence-corrected chi connectivity index (χ2v) is 5.63. The molecule has 1 amide bonds. The summed E-state index contributed by atoms with van der Waals surface area (Å²) in [4.78, 5) is 12.0. The summed E-state index contributed by atoms with van der Waals surface area (Å²) in [5.41, 5.74) is 0.793. The molecule has 1 heterocycles. The molecule has 0 radical (unpaired) electrons. The van der Waals surface area contributed by atoms with Gasteiger partial charge in [0.1, 0.15) is 12.3 Å². The second kappa shape index (κ2) is 4.96. The zero-order valence-corrected chi connectivity index (χ0v) is 11.9. The fourth-order valence-electron chi connectivity index (χ4n) is 2.12. The Morgan fingerprint density at radius 2 is 2.05 bits per heavy atom. The summed E-state index contributed by atoms with van der Waals surface area (Å²) in [5.74, 6) is 0.834. The Hall–Kier alpha value is -1.97. The SMILES string of the molecule is COc1cccc2c1ccn2CC(=O)NC(C)(C)C. The van der Waals surface area contributed by atoms with Gasteiger partial charge in [0.05, 0.1) is 12.6 Å². The Balaban J connectivity index is 2.25. The minimum absolute atomic E-state index is 0.00724. The third-order valence-corrected chi connectivity index (χ3v) is 2.82. The number of aromatic nitrogens is 1. The average molecular weight is 260 g/mol.